The maximum Gasteiger partial charge on any atom is 0.264 e. The second-order valence-electron chi connectivity index (χ2n) is 4.40. The first-order valence-corrected chi connectivity index (χ1v) is 5.95. The van der Waals surface area contributed by atoms with Gasteiger partial charge in [-0.25, -0.2) is 4.39 Å². The summed E-state index contributed by atoms with van der Waals surface area (Å²) in [7, 11) is 1.69. The predicted octanol–water partition coefficient (Wildman–Crippen LogP) is 2.85. The van der Waals surface area contributed by atoms with E-state index < -0.39 is 0 Å². The largest absolute Gasteiger partial charge is 0.482 e. The molecule has 1 aliphatic rings. The minimum Gasteiger partial charge on any atom is -0.482 e. The van der Waals surface area contributed by atoms with Crippen LogP contribution < -0.4 is 9.64 Å². The van der Waals surface area contributed by atoms with Crippen molar-refractivity contribution in [1.29, 1.82) is 0 Å². The van der Waals surface area contributed by atoms with Crippen molar-refractivity contribution in [3.05, 3.63) is 48.3 Å². The van der Waals surface area contributed by atoms with Gasteiger partial charge in [-0.15, -0.1) is 0 Å². The summed E-state index contributed by atoms with van der Waals surface area (Å²) >= 11 is 0. The number of nitrogens with zero attached hydrogens (tertiary/aromatic N) is 1. The second kappa shape index (κ2) is 4.39. The van der Waals surface area contributed by atoms with Crippen LogP contribution in [0.2, 0.25) is 0 Å². The number of hydrogen-bond donors (Lipinski definition) is 0. The molecule has 3 nitrogen and oxygen atoms in total. The van der Waals surface area contributed by atoms with Crippen LogP contribution in [0.15, 0.2) is 42.5 Å². The number of carbonyl (C=O) groups excluding carboxylic acids is 1. The van der Waals surface area contributed by atoms with Crippen molar-refractivity contribution < 1.29 is 13.9 Å². The lowest BCUT2D eigenvalue weighted by atomic mass is 10.0. The van der Waals surface area contributed by atoms with Gasteiger partial charge in [0.1, 0.15) is 11.6 Å². The first kappa shape index (κ1) is 11.7. The van der Waals surface area contributed by atoms with Gasteiger partial charge in [0, 0.05) is 12.6 Å². The Morgan fingerprint density at radius 1 is 1.21 bits per heavy atom. The number of hydrogen-bond acceptors (Lipinski definition) is 2. The molecule has 0 aromatic heterocycles. The normalized spacial score (nSPS) is 14.0. The van der Waals surface area contributed by atoms with Gasteiger partial charge in [-0.05, 0) is 23.8 Å². The molecule has 0 spiro atoms. The van der Waals surface area contributed by atoms with Crippen molar-refractivity contribution in [3.8, 4) is 16.9 Å². The molecule has 0 saturated carbocycles. The van der Waals surface area contributed by atoms with E-state index in [1.165, 1.54) is 11.0 Å². The molecule has 0 fully saturated rings. The molecule has 0 saturated heterocycles. The highest BCUT2D eigenvalue weighted by Crippen LogP contribution is 2.35. The van der Waals surface area contributed by atoms with Crippen LogP contribution >= 0.6 is 0 Å². The van der Waals surface area contributed by atoms with Crippen LogP contribution in [-0.4, -0.2) is 19.6 Å². The smallest absolute Gasteiger partial charge is 0.264 e. The zero-order chi connectivity index (χ0) is 13.4. The molecule has 96 valence electrons. The van der Waals surface area contributed by atoms with E-state index in [4.69, 9.17) is 4.74 Å². The molecule has 1 aliphatic heterocycles. The molecule has 19 heavy (non-hydrogen) atoms. The van der Waals surface area contributed by atoms with Crippen molar-refractivity contribution in [2.75, 3.05) is 18.6 Å². The van der Waals surface area contributed by atoms with E-state index >= 15 is 0 Å². The highest BCUT2D eigenvalue weighted by Gasteiger charge is 2.22. The Kier molecular flexibility index (Phi) is 2.71. The van der Waals surface area contributed by atoms with E-state index in [2.05, 4.69) is 0 Å². The van der Waals surface area contributed by atoms with Gasteiger partial charge in [-0.3, -0.25) is 4.79 Å². The Hall–Kier alpha value is -2.36. The average Bonchev–Trinajstić information content (AvgIpc) is 2.43. The lowest BCUT2D eigenvalue weighted by Crippen LogP contribution is -2.35. The fraction of sp³-hybridized carbons (Fsp3) is 0.133. The Labute approximate surface area is 110 Å². The van der Waals surface area contributed by atoms with Crippen LogP contribution in [0.4, 0.5) is 10.1 Å². The number of benzene rings is 2. The molecule has 4 heteroatoms. The van der Waals surface area contributed by atoms with Gasteiger partial charge in [0.15, 0.2) is 6.61 Å². The number of ether oxygens (including phenoxy) is 1. The average molecular weight is 257 g/mol. The SMILES string of the molecule is CN1C(=O)COc2ccc(-c3ccccc3F)cc21. The molecular weight excluding hydrogens is 245 g/mol. The Morgan fingerprint density at radius 2 is 2.00 bits per heavy atom. The fourth-order valence-electron chi connectivity index (χ4n) is 2.14. The van der Waals surface area contributed by atoms with Crippen molar-refractivity contribution in [2.45, 2.75) is 0 Å². The molecule has 2 aromatic rings. The predicted molar refractivity (Wildman–Crippen MR) is 70.7 cm³/mol. The lowest BCUT2D eigenvalue weighted by molar-refractivity contribution is -0.120. The van der Waals surface area contributed by atoms with Crippen molar-refractivity contribution >= 4 is 11.6 Å². The summed E-state index contributed by atoms with van der Waals surface area (Å²) < 4.78 is 19.1. The molecule has 1 amide bonds. The third kappa shape index (κ3) is 1.95. The molecule has 0 aliphatic carbocycles. The number of carbonyl (C=O) groups is 1. The van der Waals surface area contributed by atoms with E-state index in [1.54, 1.807) is 43.4 Å². The zero-order valence-corrected chi connectivity index (χ0v) is 10.4. The van der Waals surface area contributed by atoms with E-state index in [9.17, 15) is 9.18 Å². The van der Waals surface area contributed by atoms with Gasteiger partial charge in [0.25, 0.3) is 5.91 Å². The summed E-state index contributed by atoms with van der Waals surface area (Å²) in [6, 6.07) is 11.9. The highest BCUT2D eigenvalue weighted by molar-refractivity contribution is 5.98. The monoisotopic (exact) mass is 257 g/mol. The molecular formula is C15H12FNO2. The highest BCUT2D eigenvalue weighted by atomic mass is 19.1. The van der Waals surface area contributed by atoms with Crippen molar-refractivity contribution in [2.24, 2.45) is 0 Å². The van der Waals surface area contributed by atoms with Gasteiger partial charge in [0.05, 0.1) is 5.69 Å². The minimum atomic E-state index is -0.284. The Bertz CT molecular complexity index is 654. The summed E-state index contributed by atoms with van der Waals surface area (Å²) in [5.74, 6) is 0.244. The van der Waals surface area contributed by atoms with E-state index in [-0.39, 0.29) is 18.3 Å². The van der Waals surface area contributed by atoms with E-state index in [0.29, 0.717) is 17.0 Å². The maximum absolute atomic E-state index is 13.8. The number of amides is 1. The Morgan fingerprint density at radius 3 is 2.79 bits per heavy atom. The molecule has 0 unspecified atom stereocenters. The molecule has 1 heterocycles. The van der Waals surface area contributed by atoms with Crippen molar-refractivity contribution in [3.63, 3.8) is 0 Å². The standard InChI is InChI=1S/C15H12FNO2/c1-17-13-8-10(11-4-2-3-5-12(11)16)6-7-14(13)19-9-15(17)18/h2-8H,9H2,1H3. The summed E-state index contributed by atoms with van der Waals surface area (Å²) in [6.07, 6.45) is 0. The molecule has 2 aromatic carbocycles. The minimum absolute atomic E-state index is 0.0442. The maximum atomic E-state index is 13.8. The van der Waals surface area contributed by atoms with E-state index in [0.717, 1.165) is 5.56 Å². The number of rotatable bonds is 1. The fourth-order valence-corrected chi connectivity index (χ4v) is 2.14. The van der Waals surface area contributed by atoms with Crippen LogP contribution in [0.25, 0.3) is 11.1 Å². The molecule has 3 rings (SSSR count). The quantitative estimate of drug-likeness (QED) is 0.786. The number of fused-ring (bicyclic) bond motifs is 1. The van der Waals surface area contributed by atoms with Crippen LogP contribution in [0.5, 0.6) is 5.75 Å². The molecule has 0 atom stereocenters. The van der Waals surface area contributed by atoms with E-state index in [1.807, 2.05) is 0 Å². The van der Waals surface area contributed by atoms with Crippen LogP contribution in [-0.2, 0) is 4.79 Å². The Balaban J connectivity index is 2.11. The van der Waals surface area contributed by atoms with Gasteiger partial charge >= 0.3 is 0 Å². The number of halogens is 1. The topological polar surface area (TPSA) is 29.5 Å². The lowest BCUT2D eigenvalue weighted by Gasteiger charge is -2.26. The van der Waals surface area contributed by atoms with Gasteiger partial charge in [0.2, 0.25) is 0 Å². The van der Waals surface area contributed by atoms with Crippen molar-refractivity contribution in [1.82, 2.24) is 0 Å². The molecule has 0 bridgehead atoms. The van der Waals surface area contributed by atoms with Crippen LogP contribution in [0, 0.1) is 5.82 Å². The third-order valence-corrected chi connectivity index (χ3v) is 3.23. The zero-order valence-electron chi connectivity index (χ0n) is 10.4. The molecule has 0 radical (unpaired) electrons. The van der Waals surface area contributed by atoms with Gasteiger partial charge in [-0.1, -0.05) is 24.3 Å². The third-order valence-electron chi connectivity index (χ3n) is 3.23. The summed E-state index contributed by atoms with van der Waals surface area (Å²) in [4.78, 5) is 13.1. The second-order valence-corrected chi connectivity index (χ2v) is 4.40. The first-order chi connectivity index (χ1) is 9.16. The van der Waals surface area contributed by atoms with Gasteiger partial charge in [-0.2, -0.15) is 0 Å². The molecule has 0 N–H and O–H groups in total. The van der Waals surface area contributed by atoms with Crippen LogP contribution in [0.1, 0.15) is 0 Å². The summed E-state index contributed by atoms with van der Waals surface area (Å²) in [5, 5.41) is 0. The van der Waals surface area contributed by atoms with Gasteiger partial charge < -0.3 is 9.64 Å². The summed E-state index contributed by atoms with van der Waals surface area (Å²) in [5.41, 5.74) is 1.90. The first-order valence-electron chi connectivity index (χ1n) is 5.95. The number of likely N-dealkylation sites (N-methyl/N-ethyl adjacent to an activating group) is 1. The number of anilines is 1. The van der Waals surface area contributed by atoms with Crippen LogP contribution in [0.3, 0.4) is 0 Å². The summed E-state index contributed by atoms with van der Waals surface area (Å²) in [6.45, 7) is 0.0442.